The van der Waals surface area contributed by atoms with Gasteiger partial charge in [0, 0.05) is 24.2 Å². The second kappa shape index (κ2) is 12.7. The van der Waals surface area contributed by atoms with Crippen molar-refractivity contribution in [2.24, 2.45) is 15.1 Å². The van der Waals surface area contributed by atoms with Crippen molar-refractivity contribution in [1.82, 2.24) is 15.1 Å². The van der Waals surface area contributed by atoms with Crippen LogP contribution in [-0.2, 0) is 20.1 Å². The molecule has 0 amide bonds. The quantitative estimate of drug-likeness (QED) is 0.346. The minimum absolute atomic E-state index is 0.0849. The Morgan fingerprint density at radius 3 is 2.39 bits per heavy atom. The molecule has 1 unspecified atom stereocenters. The molecule has 2 aromatic heterocycles. The van der Waals surface area contributed by atoms with Crippen LogP contribution < -0.4 is 10.5 Å². The Morgan fingerprint density at radius 2 is 1.86 bits per heavy atom. The van der Waals surface area contributed by atoms with Crippen LogP contribution in [0.4, 0.5) is 30.7 Å². The highest BCUT2D eigenvalue weighted by Crippen LogP contribution is 2.41. The maximum absolute atomic E-state index is 15.1. The van der Waals surface area contributed by atoms with Crippen molar-refractivity contribution in [3.63, 3.8) is 0 Å². The molecule has 0 radical (unpaired) electrons. The Kier molecular flexibility index (Phi) is 9.91. The highest BCUT2D eigenvalue weighted by atomic mass is 32.2. The molecule has 0 bridgehead atoms. The van der Waals surface area contributed by atoms with Gasteiger partial charge in [-0.05, 0) is 32.0 Å². The van der Waals surface area contributed by atoms with E-state index in [0.717, 1.165) is 12.3 Å². The van der Waals surface area contributed by atoms with E-state index in [9.17, 15) is 30.6 Å². The Morgan fingerprint density at radius 1 is 1.20 bits per heavy atom. The molecular formula is C25H25F7N6O5S. The van der Waals surface area contributed by atoms with Crippen LogP contribution in [-0.4, -0.2) is 79.7 Å². The molecule has 1 aliphatic rings. The van der Waals surface area contributed by atoms with Crippen LogP contribution in [0.25, 0.3) is 22.7 Å². The van der Waals surface area contributed by atoms with Crippen molar-refractivity contribution in [2.75, 3.05) is 26.1 Å². The number of aliphatic carboxylic acids is 1. The number of hydrogen-bond acceptors (Lipinski definition) is 10. The van der Waals surface area contributed by atoms with E-state index < -0.39 is 57.7 Å². The predicted octanol–water partition coefficient (Wildman–Crippen LogP) is 4.63. The molecule has 0 saturated carbocycles. The summed E-state index contributed by atoms with van der Waals surface area (Å²) in [4.78, 5) is 21.2. The van der Waals surface area contributed by atoms with Crippen LogP contribution in [0.5, 0.6) is 5.88 Å². The standard InChI is InChI=1S/C23H24F4N6O3S.C2HF3O2/c1-22(2)21(28)32-23(11-24,12-37(22,34)29-3)14-6-13(4-5-15(14)25)18-7-16(33-36-18)17-8-31-20(9-30-17)35-10-19(26)27;3-2(4,5)1(6)7/h4-9,19H,10-12H2,1-3H3,(H2,28,32);(H,6,7)/t23-,37?;/m0./s1. The third kappa shape index (κ3) is 7.08. The molecule has 19 heteroatoms. The third-order valence-electron chi connectivity index (χ3n) is 6.45. The van der Waals surface area contributed by atoms with Crippen molar-refractivity contribution in [3.8, 4) is 28.6 Å². The zero-order valence-electron chi connectivity index (χ0n) is 23.1. The molecule has 0 aliphatic carbocycles. The first-order valence-electron chi connectivity index (χ1n) is 12.2. The smallest absolute Gasteiger partial charge is 0.475 e. The zero-order valence-corrected chi connectivity index (χ0v) is 23.9. The van der Waals surface area contributed by atoms with Gasteiger partial charge >= 0.3 is 12.1 Å². The van der Waals surface area contributed by atoms with Crippen molar-refractivity contribution < 1.29 is 54.1 Å². The van der Waals surface area contributed by atoms with Crippen molar-refractivity contribution in [3.05, 3.63) is 48.0 Å². The lowest BCUT2D eigenvalue weighted by Crippen LogP contribution is -2.56. The number of rotatable bonds is 7. The van der Waals surface area contributed by atoms with E-state index in [-0.39, 0.29) is 40.2 Å². The highest BCUT2D eigenvalue weighted by Gasteiger charge is 2.50. The van der Waals surface area contributed by atoms with Crippen molar-refractivity contribution >= 4 is 21.5 Å². The molecule has 3 heterocycles. The normalized spacial score (nSPS) is 21.2. The summed E-state index contributed by atoms with van der Waals surface area (Å²) in [5.41, 5.74) is 4.95. The summed E-state index contributed by atoms with van der Waals surface area (Å²) < 4.78 is 113. The number of nitrogens with two attached hydrogens (primary N) is 1. The van der Waals surface area contributed by atoms with E-state index in [1.54, 1.807) is 13.8 Å². The number of hydrogen-bond donors (Lipinski definition) is 2. The number of benzene rings is 1. The van der Waals surface area contributed by atoms with Gasteiger partial charge in [-0.1, -0.05) is 5.16 Å². The molecule has 0 saturated heterocycles. The summed E-state index contributed by atoms with van der Waals surface area (Å²) in [5.74, 6) is -3.86. The molecule has 1 aliphatic heterocycles. The Balaban J connectivity index is 0.000000676. The van der Waals surface area contributed by atoms with E-state index >= 15 is 4.39 Å². The maximum atomic E-state index is 15.1. The highest BCUT2D eigenvalue weighted by molar-refractivity contribution is 7.95. The fourth-order valence-electron chi connectivity index (χ4n) is 3.87. The molecule has 2 atom stereocenters. The molecule has 1 aromatic carbocycles. The second-order valence-electron chi connectivity index (χ2n) is 9.66. The molecule has 44 heavy (non-hydrogen) atoms. The van der Waals surface area contributed by atoms with Gasteiger partial charge < -0.3 is 20.1 Å². The van der Waals surface area contributed by atoms with Crippen LogP contribution in [0.1, 0.15) is 19.4 Å². The summed E-state index contributed by atoms with van der Waals surface area (Å²) in [5, 5.41) is 11.0. The topological polar surface area (TPSA) is 166 Å². The molecule has 3 aromatic rings. The average Bonchev–Trinajstić information content (AvgIpc) is 3.45. The van der Waals surface area contributed by atoms with Gasteiger partial charge in [-0.15, -0.1) is 0 Å². The van der Waals surface area contributed by atoms with E-state index in [4.69, 9.17) is 24.9 Å². The molecule has 0 fully saturated rings. The summed E-state index contributed by atoms with van der Waals surface area (Å²) in [7, 11) is -1.75. The predicted molar refractivity (Wildman–Crippen MR) is 143 cm³/mol. The van der Waals surface area contributed by atoms with E-state index in [1.165, 1.54) is 31.4 Å². The minimum atomic E-state index is -5.08. The number of amidine groups is 1. The van der Waals surface area contributed by atoms with Gasteiger partial charge in [-0.3, -0.25) is 4.99 Å². The second-order valence-corrected chi connectivity index (χ2v) is 12.6. The molecule has 240 valence electrons. The number of halogens is 7. The average molecular weight is 655 g/mol. The zero-order chi connectivity index (χ0) is 33.1. The van der Waals surface area contributed by atoms with Gasteiger partial charge in [0.25, 0.3) is 6.43 Å². The van der Waals surface area contributed by atoms with Crippen molar-refractivity contribution in [2.45, 2.75) is 36.7 Å². The van der Waals surface area contributed by atoms with Gasteiger partial charge in [0.15, 0.2) is 12.4 Å². The van der Waals surface area contributed by atoms with Crippen LogP contribution in [0.15, 0.2) is 50.5 Å². The first kappa shape index (κ1) is 34.2. The number of carboxylic acid groups (broad SMARTS) is 1. The number of carbonyl (C=O) groups is 1. The molecule has 11 nitrogen and oxygen atoms in total. The molecular weight excluding hydrogens is 629 g/mol. The number of aromatic nitrogens is 3. The fourth-order valence-corrected chi connectivity index (χ4v) is 6.14. The number of ether oxygens (including phenoxy) is 1. The fraction of sp³-hybridized carbons (Fsp3) is 0.400. The first-order valence-corrected chi connectivity index (χ1v) is 13.9. The van der Waals surface area contributed by atoms with Gasteiger partial charge in [-0.2, -0.15) is 13.2 Å². The molecule has 0 spiro atoms. The van der Waals surface area contributed by atoms with E-state index in [0.29, 0.717) is 5.56 Å². The Bertz CT molecular complexity index is 1650. The van der Waals surface area contributed by atoms with Crippen LogP contribution in [0.2, 0.25) is 0 Å². The van der Waals surface area contributed by atoms with Gasteiger partial charge in [0.2, 0.25) is 5.88 Å². The van der Waals surface area contributed by atoms with E-state index in [1.807, 2.05) is 0 Å². The van der Waals surface area contributed by atoms with E-state index in [2.05, 4.69) is 24.5 Å². The summed E-state index contributed by atoms with van der Waals surface area (Å²) in [6.07, 6.45) is -5.30. The van der Waals surface area contributed by atoms with Gasteiger partial charge in [0.1, 0.15) is 40.0 Å². The van der Waals surface area contributed by atoms with Crippen LogP contribution in [0.3, 0.4) is 0 Å². The lowest BCUT2D eigenvalue weighted by molar-refractivity contribution is -0.192. The minimum Gasteiger partial charge on any atom is -0.475 e. The van der Waals surface area contributed by atoms with Crippen LogP contribution in [0, 0.1) is 5.82 Å². The third-order valence-corrected chi connectivity index (χ3v) is 9.71. The van der Waals surface area contributed by atoms with Crippen LogP contribution >= 0.6 is 0 Å². The number of alkyl halides is 6. The lowest BCUT2D eigenvalue weighted by Gasteiger charge is -2.41. The molecule has 4 rings (SSSR count). The molecule has 3 N–H and O–H groups in total. The Hall–Kier alpha value is -4.29. The summed E-state index contributed by atoms with van der Waals surface area (Å²) >= 11 is 0. The monoisotopic (exact) mass is 654 g/mol. The SMILES string of the molecule is CN=S1(=O)C[C@@](CF)(c2cc(-c3cc(-c4cnc(OCC(F)F)cn4)no3)ccc2F)N=C(N)C1(C)C.O=C(O)C(F)(F)F. The number of carboxylic acids is 1. The van der Waals surface area contributed by atoms with Crippen molar-refractivity contribution in [1.29, 1.82) is 0 Å². The van der Waals surface area contributed by atoms with Gasteiger partial charge in [0.05, 0.1) is 27.9 Å². The Labute approximate surface area is 245 Å². The largest absolute Gasteiger partial charge is 0.490 e. The number of aliphatic imine (C=N–C) groups is 1. The maximum Gasteiger partial charge on any atom is 0.490 e. The lowest BCUT2D eigenvalue weighted by atomic mass is 9.90. The summed E-state index contributed by atoms with van der Waals surface area (Å²) in [6, 6.07) is 5.37. The number of nitrogens with zero attached hydrogens (tertiary/aromatic N) is 5. The summed E-state index contributed by atoms with van der Waals surface area (Å²) in [6.45, 7) is 1.23. The van der Waals surface area contributed by atoms with Gasteiger partial charge in [-0.25, -0.2) is 40.9 Å². The first-order chi connectivity index (χ1) is 20.4.